The zero-order valence-electron chi connectivity index (χ0n) is 13.0. The number of carbonyl (C=O) groups excluding carboxylic acids is 2. The smallest absolute Gasteiger partial charge is 0.262 e. The fourth-order valence-electron chi connectivity index (χ4n) is 2.62. The predicted octanol–water partition coefficient (Wildman–Crippen LogP) is 2.24. The molecule has 6 nitrogen and oxygen atoms in total. The van der Waals surface area contributed by atoms with Crippen LogP contribution in [-0.4, -0.2) is 45.1 Å². The lowest BCUT2D eigenvalue weighted by molar-refractivity contribution is 0.0558. The molecule has 0 N–H and O–H groups in total. The van der Waals surface area contributed by atoms with Crippen molar-refractivity contribution >= 4 is 23.4 Å². The van der Waals surface area contributed by atoms with Crippen LogP contribution in [0.15, 0.2) is 30.5 Å². The number of hydrogen-bond acceptors (Lipinski definition) is 4. The summed E-state index contributed by atoms with van der Waals surface area (Å²) in [5, 5.41) is 4.96. The van der Waals surface area contributed by atoms with Crippen LogP contribution in [0.25, 0.3) is 0 Å². The minimum absolute atomic E-state index is 0.196. The van der Waals surface area contributed by atoms with Gasteiger partial charge in [-0.05, 0) is 26.1 Å². The number of carbonyl (C=O) groups is 2. The van der Waals surface area contributed by atoms with Crippen LogP contribution in [0.1, 0.15) is 33.3 Å². The molecular weight excluding hydrogens is 316 g/mol. The molecule has 7 heteroatoms. The molecule has 2 aromatic rings. The molecule has 23 heavy (non-hydrogen) atoms. The Morgan fingerprint density at radius 1 is 1.17 bits per heavy atom. The molecule has 0 aliphatic carbocycles. The molecule has 1 aromatic carbocycles. The Bertz CT molecular complexity index is 736. The van der Waals surface area contributed by atoms with Crippen LogP contribution >= 0.6 is 11.6 Å². The van der Waals surface area contributed by atoms with E-state index < -0.39 is 0 Å². The van der Waals surface area contributed by atoms with Crippen molar-refractivity contribution in [3.63, 3.8) is 0 Å². The van der Waals surface area contributed by atoms with Gasteiger partial charge in [-0.2, -0.15) is 5.10 Å². The molecule has 2 amide bonds. The second-order valence-corrected chi connectivity index (χ2v) is 5.93. The molecule has 2 heterocycles. The molecule has 1 aromatic heterocycles. The largest absolute Gasteiger partial charge is 0.283 e. The summed E-state index contributed by atoms with van der Waals surface area (Å²) >= 11 is 6.16. The lowest BCUT2D eigenvalue weighted by atomic mass is 10.1. The molecule has 0 saturated heterocycles. The van der Waals surface area contributed by atoms with Gasteiger partial charge < -0.3 is 0 Å². The summed E-state index contributed by atoms with van der Waals surface area (Å²) < 4.78 is 1.76. The Morgan fingerprint density at radius 2 is 1.78 bits per heavy atom. The Balaban J connectivity index is 1.71. The van der Waals surface area contributed by atoms with Crippen molar-refractivity contribution in [2.75, 3.05) is 13.7 Å². The number of benzene rings is 1. The average Bonchev–Trinajstić information content (AvgIpc) is 3.01. The first-order valence-corrected chi connectivity index (χ1v) is 7.74. The Labute approximate surface area is 139 Å². The van der Waals surface area contributed by atoms with Gasteiger partial charge in [-0.1, -0.05) is 23.7 Å². The van der Waals surface area contributed by atoms with Crippen molar-refractivity contribution in [3.8, 4) is 0 Å². The summed E-state index contributed by atoms with van der Waals surface area (Å²) in [7, 11) is 1.82. The minimum Gasteiger partial charge on any atom is -0.283 e. The highest BCUT2D eigenvalue weighted by atomic mass is 35.5. The molecule has 120 valence electrons. The van der Waals surface area contributed by atoms with Gasteiger partial charge >= 0.3 is 0 Å². The molecule has 1 aliphatic heterocycles. The van der Waals surface area contributed by atoms with Crippen LogP contribution in [0, 0.1) is 0 Å². The van der Waals surface area contributed by atoms with Crippen molar-refractivity contribution in [1.82, 2.24) is 19.6 Å². The maximum absolute atomic E-state index is 12.3. The number of amides is 2. The van der Waals surface area contributed by atoms with E-state index in [-0.39, 0.29) is 18.5 Å². The highest BCUT2D eigenvalue weighted by Crippen LogP contribution is 2.23. The lowest BCUT2D eigenvalue weighted by Gasteiger charge is -2.22. The second-order valence-electron chi connectivity index (χ2n) is 5.52. The van der Waals surface area contributed by atoms with E-state index >= 15 is 0 Å². The van der Waals surface area contributed by atoms with E-state index in [2.05, 4.69) is 5.10 Å². The van der Waals surface area contributed by atoms with Crippen LogP contribution in [0.4, 0.5) is 0 Å². The van der Waals surface area contributed by atoms with E-state index in [1.54, 1.807) is 35.1 Å². The number of nitrogens with zero attached hydrogens (tertiary/aromatic N) is 4. The predicted molar refractivity (Wildman–Crippen MR) is 86.2 cm³/mol. The standard InChI is InChI=1S/C16H17ClN4O2/c1-3-20-8-13(17)14(18-20)9-19(2)10-21-15(22)11-6-4-5-7-12(11)16(21)23/h4-8H,3,9-10H2,1-2H3. The third kappa shape index (κ3) is 2.87. The number of imide groups is 1. The Kier molecular flexibility index (Phi) is 4.19. The van der Waals surface area contributed by atoms with Gasteiger partial charge in [0.1, 0.15) is 0 Å². The highest BCUT2D eigenvalue weighted by Gasteiger charge is 2.35. The van der Waals surface area contributed by atoms with Gasteiger partial charge in [-0.3, -0.25) is 24.1 Å². The Hall–Kier alpha value is -2.18. The Morgan fingerprint density at radius 3 is 2.30 bits per heavy atom. The third-order valence-corrected chi connectivity index (χ3v) is 4.11. The average molecular weight is 333 g/mol. The van der Waals surface area contributed by atoms with E-state index in [0.717, 1.165) is 12.2 Å². The number of fused-ring (bicyclic) bond motifs is 1. The van der Waals surface area contributed by atoms with Gasteiger partial charge in [0.15, 0.2) is 0 Å². The highest BCUT2D eigenvalue weighted by molar-refractivity contribution is 6.31. The second kappa shape index (κ2) is 6.14. The van der Waals surface area contributed by atoms with E-state index in [4.69, 9.17) is 11.6 Å². The molecule has 0 spiro atoms. The maximum Gasteiger partial charge on any atom is 0.262 e. The molecule has 0 bridgehead atoms. The van der Waals surface area contributed by atoms with Crippen molar-refractivity contribution in [3.05, 3.63) is 52.3 Å². The van der Waals surface area contributed by atoms with Crippen LogP contribution in [0.2, 0.25) is 5.02 Å². The van der Waals surface area contributed by atoms with E-state index in [0.29, 0.717) is 22.7 Å². The summed E-state index contributed by atoms with van der Waals surface area (Å²) in [6.07, 6.45) is 1.77. The van der Waals surface area contributed by atoms with Gasteiger partial charge in [-0.25, -0.2) is 0 Å². The SMILES string of the molecule is CCn1cc(Cl)c(CN(C)CN2C(=O)c3ccccc3C2=O)n1. The summed E-state index contributed by atoms with van der Waals surface area (Å²) in [6.45, 7) is 3.37. The molecule has 0 saturated carbocycles. The van der Waals surface area contributed by atoms with Crippen molar-refractivity contribution in [2.45, 2.75) is 20.0 Å². The van der Waals surface area contributed by atoms with E-state index in [1.807, 2.05) is 18.9 Å². The molecule has 1 aliphatic rings. The molecule has 3 rings (SSSR count). The summed E-state index contributed by atoms with van der Waals surface area (Å²) in [4.78, 5) is 27.8. The number of aryl methyl sites for hydroxylation is 1. The fourth-order valence-corrected chi connectivity index (χ4v) is 2.83. The van der Waals surface area contributed by atoms with Crippen molar-refractivity contribution in [1.29, 1.82) is 0 Å². The van der Waals surface area contributed by atoms with Crippen LogP contribution < -0.4 is 0 Å². The quantitative estimate of drug-likeness (QED) is 0.788. The summed E-state index contributed by atoms with van der Waals surface area (Å²) in [6, 6.07) is 6.87. The molecular formula is C16H17ClN4O2. The number of halogens is 1. The summed E-state index contributed by atoms with van der Waals surface area (Å²) in [5.41, 5.74) is 1.64. The molecule has 0 radical (unpaired) electrons. The summed E-state index contributed by atoms with van der Waals surface area (Å²) in [5.74, 6) is -0.523. The lowest BCUT2D eigenvalue weighted by Crippen LogP contribution is -2.39. The zero-order valence-corrected chi connectivity index (χ0v) is 13.7. The molecule has 0 atom stereocenters. The van der Waals surface area contributed by atoms with Crippen molar-refractivity contribution < 1.29 is 9.59 Å². The van der Waals surface area contributed by atoms with Gasteiger partial charge in [0, 0.05) is 19.3 Å². The van der Waals surface area contributed by atoms with Crippen molar-refractivity contribution in [2.24, 2.45) is 0 Å². The van der Waals surface area contributed by atoms with E-state index in [1.165, 1.54) is 4.90 Å². The van der Waals surface area contributed by atoms with E-state index in [9.17, 15) is 9.59 Å². The first-order chi connectivity index (χ1) is 11.0. The van der Waals surface area contributed by atoms with Crippen LogP contribution in [0.3, 0.4) is 0 Å². The van der Waals surface area contributed by atoms with Gasteiger partial charge in [-0.15, -0.1) is 0 Å². The monoisotopic (exact) mass is 332 g/mol. The fraction of sp³-hybridized carbons (Fsp3) is 0.312. The third-order valence-electron chi connectivity index (χ3n) is 3.79. The normalized spacial score (nSPS) is 14.0. The van der Waals surface area contributed by atoms with Crippen LogP contribution in [-0.2, 0) is 13.1 Å². The minimum atomic E-state index is -0.261. The van der Waals surface area contributed by atoms with Gasteiger partial charge in [0.2, 0.25) is 0 Å². The first kappa shape index (κ1) is 15.7. The number of hydrogen-bond donors (Lipinski definition) is 0. The number of aromatic nitrogens is 2. The van der Waals surface area contributed by atoms with Gasteiger partial charge in [0.25, 0.3) is 11.8 Å². The topological polar surface area (TPSA) is 58.4 Å². The zero-order chi connectivity index (χ0) is 16.6. The molecule has 0 fully saturated rings. The van der Waals surface area contributed by atoms with Gasteiger partial charge in [0.05, 0.1) is 28.5 Å². The molecule has 0 unspecified atom stereocenters. The maximum atomic E-state index is 12.3. The first-order valence-electron chi connectivity index (χ1n) is 7.37. The van der Waals surface area contributed by atoms with Crippen LogP contribution in [0.5, 0.6) is 0 Å². The number of rotatable bonds is 5.